The number of hydrogen-bond donors (Lipinski definition) is 2. The maximum absolute atomic E-state index is 13.9. The molecule has 0 bridgehead atoms. The minimum absolute atomic E-state index is 0.110. The summed E-state index contributed by atoms with van der Waals surface area (Å²) in [5.41, 5.74) is 3.04. The number of H-pyrrole nitrogens is 1. The second-order valence-electron chi connectivity index (χ2n) is 9.23. The zero-order valence-electron chi connectivity index (χ0n) is 21.6. The molecule has 2 aromatic heterocycles. The Bertz CT molecular complexity index is 1540. The van der Waals surface area contributed by atoms with Crippen molar-refractivity contribution in [2.75, 3.05) is 27.4 Å². The Hall–Kier alpha value is -4.40. The fourth-order valence-electron chi connectivity index (χ4n) is 5.08. The van der Waals surface area contributed by atoms with Crippen molar-refractivity contribution < 1.29 is 28.8 Å². The molecular formula is C29H30N2O7. The van der Waals surface area contributed by atoms with Crippen LogP contribution in [-0.4, -0.2) is 48.1 Å². The molecule has 2 N–H and O–H groups in total. The third kappa shape index (κ3) is 4.67. The molecule has 1 aliphatic rings. The number of benzene rings is 2. The molecule has 3 heterocycles. The molecule has 0 unspecified atom stereocenters. The van der Waals surface area contributed by atoms with Gasteiger partial charge in [-0.15, -0.1) is 0 Å². The lowest BCUT2D eigenvalue weighted by molar-refractivity contribution is -0.140. The Kier molecular flexibility index (Phi) is 7.00. The molecule has 0 amide bonds. The molecule has 0 fully saturated rings. The summed E-state index contributed by atoms with van der Waals surface area (Å²) < 4.78 is 23.6. The van der Waals surface area contributed by atoms with Gasteiger partial charge >= 0.3 is 5.97 Å². The Morgan fingerprint density at radius 1 is 1.16 bits per heavy atom. The zero-order valence-corrected chi connectivity index (χ0v) is 21.6. The van der Waals surface area contributed by atoms with Gasteiger partial charge in [-0.2, -0.15) is 0 Å². The number of carbonyl (C=O) groups is 1. The highest BCUT2D eigenvalue weighted by Gasteiger charge is 2.29. The van der Waals surface area contributed by atoms with Gasteiger partial charge in [0.15, 0.2) is 11.5 Å². The summed E-state index contributed by atoms with van der Waals surface area (Å²) in [7, 11) is 2.80. The lowest BCUT2D eigenvalue weighted by atomic mass is 9.87. The first-order valence-corrected chi connectivity index (χ1v) is 12.4. The number of esters is 1. The predicted molar refractivity (Wildman–Crippen MR) is 142 cm³/mol. The van der Waals surface area contributed by atoms with E-state index in [1.165, 1.54) is 14.2 Å². The summed E-state index contributed by atoms with van der Waals surface area (Å²) in [5.74, 6) is -0.180. The molecule has 1 atom stereocenters. The standard InChI is InChI=1S/C29H30N2O7/c1-17-12-23(32)27(29(34)31(17)9-8-18-16-30-22-7-5-4-6-20(18)22)21(15-26(33)36-3)19-13-24(35-2)28-25(14-19)37-10-11-38-28/h4-7,12-14,16,21,30,32H,8-11,15H2,1-3H3/t21-/m1/s1. The van der Waals surface area contributed by atoms with Crippen molar-refractivity contribution >= 4 is 16.9 Å². The summed E-state index contributed by atoms with van der Waals surface area (Å²) in [6.07, 6.45) is 2.40. The monoisotopic (exact) mass is 518 g/mol. The molecule has 1 aliphatic heterocycles. The average Bonchev–Trinajstić information content (AvgIpc) is 3.34. The average molecular weight is 519 g/mol. The van der Waals surface area contributed by atoms with E-state index in [1.807, 2.05) is 30.5 Å². The maximum Gasteiger partial charge on any atom is 0.306 e. The summed E-state index contributed by atoms with van der Waals surface area (Å²) in [4.78, 5) is 29.7. The molecule has 0 aliphatic carbocycles. The SMILES string of the molecule is COC(=O)C[C@H](c1cc(OC)c2c(c1)OCCO2)c1c(O)cc(C)n(CCc2c[nH]c3ccccc23)c1=O. The van der Waals surface area contributed by atoms with Gasteiger partial charge in [-0.25, -0.2) is 0 Å². The van der Waals surface area contributed by atoms with E-state index < -0.39 is 11.9 Å². The minimum Gasteiger partial charge on any atom is -0.507 e. The van der Waals surface area contributed by atoms with Crippen LogP contribution >= 0.6 is 0 Å². The molecule has 0 saturated heterocycles. The van der Waals surface area contributed by atoms with Crippen molar-refractivity contribution in [2.24, 2.45) is 0 Å². The van der Waals surface area contributed by atoms with Crippen molar-refractivity contribution in [1.82, 2.24) is 9.55 Å². The molecule has 5 rings (SSSR count). The molecule has 2 aromatic carbocycles. The number of ether oxygens (including phenoxy) is 4. The first-order chi connectivity index (χ1) is 18.4. The van der Waals surface area contributed by atoms with Gasteiger partial charge in [0.2, 0.25) is 5.75 Å². The van der Waals surface area contributed by atoms with Crippen LogP contribution in [0.5, 0.6) is 23.0 Å². The van der Waals surface area contributed by atoms with Crippen LogP contribution in [0.3, 0.4) is 0 Å². The molecule has 9 nitrogen and oxygen atoms in total. The molecular weight excluding hydrogens is 488 g/mol. The molecule has 9 heteroatoms. The van der Waals surface area contributed by atoms with Crippen LogP contribution in [0.2, 0.25) is 0 Å². The van der Waals surface area contributed by atoms with E-state index in [0.717, 1.165) is 16.5 Å². The zero-order chi connectivity index (χ0) is 26.8. The second-order valence-corrected chi connectivity index (χ2v) is 9.23. The lowest BCUT2D eigenvalue weighted by Gasteiger charge is -2.25. The highest BCUT2D eigenvalue weighted by molar-refractivity contribution is 5.83. The maximum atomic E-state index is 13.9. The van der Waals surface area contributed by atoms with Crippen LogP contribution in [0, 0.1) is 6.92 Å². The number of fused-ring (bicyclic) bond motifs is 2. The van der Waals surface area contributed by atoms with Crippen LogP contribution in [0.25, 0.3) is 10.9 Å². The van der Waals surface area contributed by atoms with Crippen LogP contribution in [0.15, 0.2) is 53.5 Å². The van der Waals surface area contributed by atoms with Crippen molar-refractivity contribution in [3.63, 3.8) is 0 Å². The molecule has 0 radical (unpaired) electrons. The number of carbonyl (C=O) groups excluding carboxylic acids is 1. The fraction of sp³-hybridized carbons (Fsp3) is 0.310. The van der Waals surface area contributed by atoms with E-state index >= 15 is 0 Å². The van der Waals surface area contributed by atoms with Crippen LogP contribution in [0.4, 0.5) is 0 Å². The van der Waals surface area contributed by atoms with Crippen LogP contribution < -0.4 is 19.8 Å². The van der Waals surface area contributed by atoms with Gasteiger partial charge in [0, 0.05) is 35.3 Å². The number of rotatable bonds is 8. The number of aryl methyl sites for hydroxylation is 2. The van der Waals surface area contributed by atoms with Gasteiger partial charge < -0.3 is 33.6 Å². The Balaban J connectivity index is 1.58. The summed E-state index contributed by atoms with van der Waals surface area (Å²) >= 11 is 0. The van der Waals surface area contributed by atoms with E-state index in [4.69, 9.17) is 18.9 Å². The number of hydrogen-bond acceptors (Lipinski definition) is 7. The number of para-hydroxylation sites is 1. The van der Waals surface area contributed by atoms with E-state index in [1.54, 1.807) is 29.7 Å². The van der Waals surface area contributed by atoms with Gasteiger partial charge in [-0.05, 0) is 48.7 Å². The van der Waals surface area contributed by atoms with Crippen molar-refractivity contribution in [1.29, 1.82) is 0 Å². The first-order valence-electron chi connectivity index (χ1n) is 12.4. The Labute approximate surface area is 219 Å². The first kappa shape index (κ1) is 25.3. The third-order valence-electron chi connectivity index (χ3n) is 7.00. The highest BCUT2D eigenvalue weighted by Crippen LogP contribution is 2.44. The molecule has 4 aromatic rings. The number of methoxy groups -OCH3 is 2. The number of pyridine rings is 1. The van der Waals surface area contributed by atoms with Crippen molar-refractivity contribution in [3.8, 4) is 23.0 Å². The Morgan fingerprint density at radius 2 is 1.95 bits per heavy atom. The molecule has 0 spiro atoms. The van der Waals surface area contributed by atoms with Crippen LogP contribution in [-0.2, 0) is 22.5 Å². The summed E-state index contributed by atoms with van der Waals surface area (Å²) in [6.45, 7) is 2.92. The topological polar surface area (TPSA) is 112 Å². The normalized spacial score (nSPS) is 13.3. The number of nitrogens with zero attached hydrogens (tertiary/aromatic N) is 1. The quantitative estimate of drug-likeness (QED) is 0.338. The second kappa shape index (κ2) is 10.5. The van der Waals surface area contributed by atoms with Gasteiger partial charge in [0.05, 0.1) is 26.2 Å². The highest BCUT2D eigenvalue weighted by atomic mass is 16.6. The minimum atomic E-state index is -0.806. The van der Waals surface area contributed by atoms with Gasteiger partial charge in [-0.1, -0.05) is 18.2 Å². The van der Waals surface area contributed by atoms with Crippen molar-refractivity contribution in [2.45, 2.75) is 32.2 Å². The van der Waals surface area contributed by atoms with Crippen molar-refractivity contribution in [3.05, 3.63) is 81.4 Å². The third-order valence-corrected chi connectivity index (χ3v) is 7.00. The van der Waals surface area contributed by atoms with E-state index in [9.17, 15) is 14.7 Å². The molecule has 198 valence electrons. The number of aromatic hydroxyl groups is 1. The number of aromatic nitrogens is 2. The van der Waals surface area contributed by atoms with Gasteiger partial charge in [0.25, 0.3) is 5.56 Å². The number of nitrogens with one attached hydrogen (secondary N) is 1. The smallest absolute Gasteiger partial charge is 0.306 e. The van der Waals surface area contributed by atoms with Crippen LogP contribution in [0.1, 0.15) is 34.7 Å². The number of aromatic amines is 1. The van der Waals surface area contributed by atoms with Gasteiger partial charge in [0.1, 0.15) is 19.0 Å². The molecule has 0 saturated carbocycles. The fourth-order valence-corrected chi connectivity index (χ4v) is 5.08. The summed E-state index contributed by atoms with van der Waals surface area (Å²) in [5, 5.41) is 12.1. The van der Waals surface area contributed by atoms with E-state index in [0.29, 0.717) is 54.7 Å². The lowest BCUT2D eigenvalue weighted by Crippen LogP contribution is -2.29. The molecule has 38 heavy (non-hydrogen) atoms. The largest absolute Gasteiger partial charge is 0.507 e. The summed E-state index contributed by atoms with van der Waals surface area (Å²) in [6, 6.07) is 13.0. The van der Waals surface area contributed by atoms with Gasteiger partial charge in [-0.3, -0.25) is 9.59 Å². The van der Waals surface area contributed by atoms with E-state index in [2.05, 4.69) is 4.98 Å². The Morgan fingerprint density at radius 3 is 2.74 bits per heavy atom. The predicted octanol–water partition coefficient (Wildman–Crippen LogP) is 4.06. The van der Waals surface area contributed by atoms with E-state index in [-0.39, 0.29) is 23.3 Å².